The van der Waals surface area contributed by atoms with Crippen molar-refractivity contribution >= 4 is 20.8 Å². The molecule has 0 aliphatic rings. The molecule has 0 saturated heterocycles. The Morgan fingerprint density at radius 3 is 1.83 bits per heavy atom. The standard InChI is InChI=1S/C3H7NOSe/c1-4(2)3(5)6/h1-2H3,(H,5,6)/p-1. The van der Waals surface area contributed by atoms with Crippen LogP contribution in [0.25, 0.3) is 0 Å². The SMILES string of the molecule is CN(C)C(=O)[Se-]. The molecule has 0 aliphatic heterocycles. The predicted octanol–water partition coefficient (Wildman–Crippen LogP) is -0.163. The second kappa shape index (κ2) is 2.21. The molecule has 2 nitrogen and oxygen atoms in total. The fraction of sp³-hybridized carbons (Fsp3) is 0.667. The Bertz CT molecular complexity index is 61.8. The molecule has 0 saturated carbocycles. The van der Waals surface area contributed by atoms with E-state index in [-0.39, 0.29) is 4.81 Å². The van der Waals surface area contributed by atoms with E-state index in [4.69, 9.17) is 0 Å². The summed E-state index contributed by atoms with van der Waals surface area (Å²) in [6.07, 6.45) is 0. The number of hydrogen-bond acceptors (Lipinski definition) is 1. The molecule has 0 aromatic heterocycles. The van der Waals surface area contributed by atoms with E-state index in [1.165, 1.54) is 4.90 Å². The predicted molar refractivity (Wildman–Crippen MR) is 24.8 cm³/mol. The Morgan fingerprint density at radius 2 is 1.83 bits per heavy atom. The summed E-state index contributed by atoms with van der Waals surface area (Å²) in [4.78, 5) is 11.5. The number of carbonyl (C=O) groups excluding carboxylic acids is 1. The molecule has 0 atom stereocenters. The normalized spacial score (nSPS) is 7.67. The molecular formula is C3H6NOSe-. The molecule has 1 amide bonds. The summed E-state index contributed by atoms with van der Waals surface area (Å²) < 4.78 is 0. The molecule has 36 valence electrons. The topological polar surface area (TPSA) is 20.3 Å². The molecule has 0 fully saturated rings. The number of hydrogen-bond donors (Lipinski definition) is 0. The van der Waals surface area contributed by atoms with Crippen LogP contribution in [0.4, 0.5) is 4.79 Å². The molecule has 6 heavy (non-hydrogen) atoms. The zero-order valence-corrected chi connectivity index (χ0v) is 5.48. The molecule has 0 bridgehead atoms. The van der Waals surface area contributed by atoms with Crippen molar-refractivity contribution in [3.63, 3.8) is 0 Å². The minimum atomic E-state index is -0.0324. The van der Waals surface area contributed by atoms with Gasteiger partial charge in [0.2, 0.25) is 0 Å². The van der Waals surface area contributed by atoms with Gasteiger partial charge in [-0.1, -0.05) is 0 Å². The van der Waals surface area contributed by atoms with Crippen LogP contribution in [0.1, 0.15) is 0 Å². The van der Waals surface area contributed by atoms with Gasteiger partial charge in [-0.05, 0) is 0 Å². The van der Waals surface area contributed by atoms with Crippen molar-refractivity contribution in [3.8, 4) is 0 Å². The van der Waals surface area contributed by atoms with Gasteiger partial charge >= 0.3 is 44.6 Å². The number of nitrogens with zero attached hydrogens (tertiary/aromatic N) is 1. The maximum atomic E-state index is 10.0. The van der Waals surface area contributed by atoms with Crippen LogP contribution in [0, 0.1) is 0 Å². The van der Waals surface area contributed by atoms with Crippen molar-refractivity contribution in [2.75, 3.05) is 14.1 Å². The van der Waals surface area contributed by atoms with Crippen LogP contribution >= 0.6 is 0 Å². The van der Waals surface area contributed by atoms with Crippen LogP contribution in [-0.4, -0.2) is 39.8 Å². The van der Waals surface area contributed by atoms with Gasteiger partial charge in [-0.2, -0.15) is 0 Å². The third kappa shape index (κ3) is 2.24. The summed E-state index contributed by atoms with van der Waals surface area (Å²) in [5.41, 5.74) is 0. The Labute approximate surface area is 45.3 Å². The Kier molecular flexibility index (Phi) is 2.21. The summed E-state index contributed by atoms with van der Waals surface area (Å²) >= 11 is 2.33. The van der Waals surface area contributed by atoms with Crippen molar-refractivity contribution in [2.24, 2.45) is 0 Å². The number of amides is 1. The summed E-state index contributed by atoms with van der Waals surface area (Å²) in [6, 6.07) is 0. The van der Waals surface area contributed by atoms with Crippen molar-refractivity contribution in [1.29, 1.82) is 0 Å². The van der Waals surface area contributed by atoms with Crippen LogP contribution in [0.15, 0.2) is 0 Å². The van der Waals surface area contributed by atoms with Crippen molar-refractivity contribution in [2.45, 2.75) is 0 Å². The Hall–Kier alpha value is -0.0105. The molecule has 0 aromatic rings. The average molecular weight is 151 g/mol. The zero-order chi connectivity index (χ0) is 5.15. The van der Waals surface area contributed by atoms with Gasteiger partial charge in [-0.3, -0.25) is 0 Å². The van der Waals surface area contributed by atoms with E-state index in [0.717, 1.165) is 0 Å². The van der Waals surface area contributed by atoms with Gasteiger partial charge in [0.25, 0.3) is 0 Å². The second-order valence-electron chi connectivity index (χ2n) is 1.16. The van der Waals surface area contributed by atoms with Crippen LogP contribution < -0.4 is 0 Å². The quantitative estimate of drug-likeness (QED) is 0.440. The van der Waals surface area contributed by atoms with Gasteiger partial charge in [0, 0.05) is 0 Å². The molecule has 0 unspecified atom stereocenters. The van der Waals surface area contributed by atoms with Crippen molar-refractivity contribution in [1.82, 2.24) is 4.90 Å². The summed E-state index contributed by atoms with van der Waals surface area (Å²) in [6.45, 7) is 0. The van der Waals surface area contributed by atoms with E-state index in [1.54, 1.807) is 14.1 Å². The summed E-state index contributed by atoms with van der Waals surface area (Å²) in [5.74, 6) is 0. The summed E-state index contributed by atoms with van der Waals surface area (Å²) in [7, 11) is 3.39. The van der Waals surface area contributed by atoms with Gasteiger partial charge < -0.3 is 0 Å². The molecular weight excluding hydrogens is 145 g/mol. The number of carbonyl (C=O) groups is 1. The third-order valence-corrected chi connectivity index (χ3v) is 1.13. The molecule has 3 heteroatoms. The second-order valence-corrected chi connectivity index (χ2v) is 1.89. The van der Waals surface area contributed by atoms with E-state index in [1.807, 2.05) is 0 Å². The molecule has 0 aromatic carbocycles. The third-order valence-electron chi connectivity index (χ3n) is 0.365. The first-order valence-electron chi connectivity index (χ1n) is 1.53. The van der Waals surface area contributed by atoms with Gasteiger partial charge in [-0.15, -0.1) is 0 Å². The van der Waals surface area contributed by atoms with Crippen LogP contribution in [0.2, 0.25) is 0 Å². The van der Waals surface area contributed by atoms with Gasteiger partial charge in [0.05, 0.1) is 0 Å². The van der Waals surface area contributed by atoms with Crippen LogP contribution in [-0.2, 0) is 0 Å². The van der Waals surface area contributed by atoms with E-state index < -0.39 is 0 Å². The molecule has 0 rings (SSSR count). The van der Waals surface area contributed by atoms with Gasteiger partial charge in [0.1, 0.15) is 0 Å². The Balaban J connectivity index is 3.26. The van der Waals surface area contributed by atoms with Crippen molar-refractivity contribution in [3.05, 3.63) is 0 Å². The summed E-state index contributed by atoms with van der Waals surface area (Å²) in [5, 5.41) is 0. The van der Waals surface area contributed by atoms with Crippen molar-refractivity contribution < 1.29 is 4.79 Å². The molecule has 0 radical (unpaired) electrons. The monoisotopic (exact) mass is 152 g/mol. The maximum absolute atomic E-state index is 10.0. The molecule has 0 aliphatic carbocycles. The number of rotatable bonds is 0. The first kappa shape index (κ1) is 5.99. The first-order chi connectivity index (χ1) is 2.64. The minimum absolute atomic E-state index is 0.0324. The fourth-order valence-electron chi connectivity index (χ4n) is 0. The first-order valence-corrected chi connectivity index (χ1v) is 2.38. The van der Waals surface area contributed by atoms with Crippen LogP contribution in [0.5, 0.6) is 0 Å². The van der Waals surface area contributed by atoms with E-state index in [9.17, 15) is 4.79 Å². The molecule has 0 spiro atoms. The van der Waals surface area contributed by atoms with Gasteiger partial charge in [0.15, 0.2) is 0 Å². The zero-order valence-electron chi connectivity index (χ0n) is 3.76. The van der Waals surface area contributed by atoms with Crippen LogP contribution in [0.3, 0.4) is 0 Å². The van der Waals surface area contributed by atoms with Gasteiger partial charge in [-0.25, -0.2) is 0 Å². The molecule has 0 N–H and O–H groups in total. The average Bonchev–Trinajstić information content (AvgIpc) is 1.36. The van der Waals surface area contributed by atoms with E-state index in [2.05, 4.69) is 16.0 Å². The Morgan fingerprint density at radius 1 is 1.67 bits per heavy atom. The van der Waals surface area contributed by atoms with E-state index >= 15 is 0 Å². The molecule has 0 heterocycles. The fourth-order valence-corrected chi connectivity index (χ4v) is 0. The van der Waals surface area contributed by atoms with E-state index in [0.29, 0.717) is 0 Å².